The van der Waals surface area contributed by atoms with Crippen molar-refractivity contribution >= 4 is 17.3 Å². The summed E-state index contributed by atoms with van der Waals surface area (Å²) >= 11 is 5.97. The predicted molar refractivity (Wildman–Crippen MR) is 110 cm³/mol. The maximum Gasteiger partial charge on any atom is 0.226 e. The van der Waals surface area contributed by atoms with Crippen molar-refractivity contribution in [2.24, 2.45) is 0 Å². The zero-order valence-electron chi connectivity index (χ0n) is 15.7. The highest BCUT2D eigenvalue weighted by Gasteiger charge is 2.25. The molecule has 4 rings (SSSR count). The summed E-state index contributed by atoms with van der Waals surface area (Å²) < 4.78 is 5.92. The van der Waals surface area contributed by atoms with E-state index in [2.05, 4.69) is 47.1 Å². The number of anilines is 1. The molecule has 2 heterocycles. The minimum absolute atomic E-state index is 0.453. The van der Waals surface area contributed by atoms with Gasteiger partial charge in [0.2, 0.25) is 5.89 Å². The number of nitrogens with zero attached hydrogens (tertiary/aromatic N) is 3. The molecular weight excluding hydrogens is 358 g/mol. The Balaban J connectivity index is 1.45. The largest absolute Gasteiger partial charge is 0.441 e. The fraction of sp³-hybridized carbons (Fsp3) is 0.318. The minimum Gasteiger partial charge on any atom is -0.441 e. The zero-order valence-corrected chi connectivity index (χ0v) is 16.5. The van der Waals surface area contributed by atoms with Gasteiger partial charge >= 0.3 is 0 Å². The second kappa shape index (κ2) is 7.75. The third-order valence-corrected chi connectivity index (χ3v) is 5.48. The third kappa shape index (κ3) is 4.02. The summed E-state index contributed by atoms with van der Waals surface area (Å²) in [6.07, 6.45) is 0. The smallest absolute Gasteiger partial charge is 0.226 e. The van der Waals surface area contributed by atoms with E-state index in [9.17, 15) is 0 Å². The Morgan fingerprint density at radius 2 is 1.81 bits per heavy atom. The van der Waals surface area contributed by atoms with Crippen molar-refractivity contribution in [2.75, 3.05) is 24.5 Å². The molecule has 3 aromatic rings. The number of benzene rings is 2. The minimum atomic E-state index is 0.453. The first kappa shape index (κ1) is 18.1. The van der Waals surface area contributed by atoms with Crippen LogP contribution in [0.2, 0.25) is 5.02 Å². The molecule has 1 fully saturated rings. The van der Waals surface area contributed by atoms with Crippen LogP contribution in [-0.4, -0.2) is 35.6 Å². The van der Waals surface area contributed by atoms with Gasteiger partial charge in [-0.15, -0.1) is 0 Å². The van der Waals surface area contributed by atoms with E-state index in [0.29, 0.717) is 17.0 Å². The summed E-state index contributed by atoms with van der Waals surface area (Å²) in [7, 11) is 0. The van der Waals surface area contributed by atoms with Gasteiger partial charge < -0.3 is 9.32 Å². The van der Waals surface area contributed by atoms with Crippen LogP contribution in [0.4, 0.5) is 5.69 Å². The number of rotatable bonds is 4. The van der Waals surface area contributed by atoms with Crippen LogP contribution in [0.25, 0.3) is 11.5 Å². The van der Waals surface area contributed by atoms with Crippen LogP contribution in [0.1, 0.15) is 18.4 Å². The Kier molecular flexibility index (Phi) is 5.19. The van der Waals surface area contributed by atoms with Gasteiger partial charge in [-0.25, -0.2) is 4.98 Å². The molecule has 0 bridgehead atoms. The number of hydrogen-bond acceptors (Lipinski definition) is 4. The topological polar surface area (TPSA) is 32.5 Å². The molecule has 1 saturated heterocycles. The van der Waals surface area contributed by atoms with E-state index in [4.69, 9.17) is 21.0 Å². The molecule has 2 aromatic carbocycles. The molecule has 1 atom stereocenters. The van der Waals surface area contributed by atoms with Crippen LogP contribution in [0.5, 0.6) is 0 Å². The molecule has 140 valence electrons. The second-order valence-electron chi connectivity index (χ2n) is 7.13. The average molecular weight is 382 g/mol. The van der Waals surface area contributed by atoms with Crippen LogP contribution < -0.4 is 4.90 Å². The van der Waals surface area contributed by atoms with Crippen molar-refractivity contribution in [2.45, 2.75) is 26.4 Å². The van der Waals surface area contributed by atoms with E-state index in [1.54, 1.807) is 0 Å². The lowest BCUT2D eigenvalue weighted by molar-refractivity contribution is 0.178. The van der Waals surface area contributed by atoms with Gasteiger partial charge in [-0.2, -0.15) is 0 Å². The number of aryl methyl sites for hydroxylation is 1. The highest BCUT2D eigenvalue weighted by Crippen LogP contribution is 2.25. The second-order valence-corrected chi connectivity index (χ2v) is 7.57. The molecule has 0 amide bonds. The fourth-order valence-electron chi connectivity index (χ4n) is 3.59. The van der Waals surface area contributed by atoms with Gasteiger partial charge in [0.25, 0.3) is 0 Å². The molecule has 4 nitrogen and oxygen atoms in total. The van der Waals surface area contributed by atoms with Crippen molar-refractivity contribution in [1.29, 1.82) is 0 Å². The maximum absolute atomic E-state index is 5.97. The maximum atomic E-state index is 5.97. The van der Waals surface area contributed by atoms with Gasteiger partial charge in [0.15, 0.2) is 0 Å². The number of halogens is 1. The molecule has 0 spiro atoms. The van der Waals surface area contributed by atoms with E-state index >= 15 is 0 Å². The van der Waals surface area contributed by atoms with E-state index in [1.807, 2.05) is 31.2 Å². The molecule has 0 saturated carbocycles. The highest BCUT2D eigenvalue weighted by molar-refractivity contribution is 6.30. The number of piperazine rings is 1. The molecule has 0 unspecified atom stereocenters. The van der Waals surface area contributed by atoms with Crippen LogP contribution >= 0.6 is 11.6 Å². The summed E-state index contributed by atoms with van der Waals surface area (Å²) in [6, 6.07) is 18.7. The van der Waals surface area contributed by atoms with Crippen molar-refractivity contribution in [3.05, 3.63) is 71.1 Å². The standard InChI is InChI=1S/C22H24ClN3O/c1-16-14-26(20-6-4-3-5-7-20)13-12-25(16)15-21-17(2)27-22(24-21)18-8-10-19(23)11-9-18/h3-11,16H,12-15H2,1-2H3/t16-/m0/s1. The Morgan fingerprint density at radius 1 is 1.07 bits per heavy atom. The zero-order chi connectivity index (χ0) is 18.8. The predicted octanol–water partition coefficient (Wildman–Crippen LogP) is 5.01. The summed E-state index contributed by atoms with van der Waals surface area (Å²) in [5.41, 5.74) is 3.27. The Bertz CT molecular complexity index is 892. The van der Waals surface area contributed by atoms with E-state index < -0.39 is 0 Å². The van der Waals surface area contributed by atoms with E-state index in [0.717, 1.165) is 43.2 Å². The lowest BCUT2D eigenvalue weighted by Gasteiger charge is -2.40. The molecular formula is C22H24ClN3O. The third-order valence-electron chi connectivity index (χ3n) is 5.22. The van der Waals surface area contributed by atoms with Gasteiger partial charge in [0, 0.05) is 48.5 Å². The molecule has 1 aliphatic heterocycles. The quantitative estimate of drug-likeness (QED) is 0.635. The molecule has 1 aromatic heterocycles. The molecule has 0 radical (unpaired) electrons. The lowest BCUT2D eigenvalue weighted by atomic mass is 10.1. The summed E-state index contributed by atoms with van der Waals surface area (Å²) in [4.78, 5) is 9.69. The number of para-hydroxylation sites is 1. The SMILES string of the molecule is Cc1oc(-c2ccc(Cl)cc2)nc1CN1CCN(c2ccccc2)C[C@@H]1C. The molecule has 1 aliphatic rings. The number of oxazole rings is 1. The van der Waals surface area contributed by atoms with Crippen LogP contribution in [0.15, 0.2) is 59.0 Å². The van der Waals surface area contributed by atoms with Crippen molar-refractivity contribution in [3.8, 4) is 11.5 Å². The first-order chi connectivity index (χ1) is 13.1. The van der Waals surface area contributed by atoms with E-state index in [1.165, 1.54) is 5.69 Å². The van der Waals surface area contributed by atoms with Gasteiger partial charge in [0.05, 0.1) is 5.69 Å². The highest BCUT2D eigenvalue weighted by atomic mass is 35.5. The molecule has 0 aliphatic carbocycles. The van der Waals surface area contributed by atoms with Gasteiger partial charge in [-0.05, 0) is 50.2 Å². The van der Waals surface area contributed by atoms with Gasteiger partial charge in [-0.1, -0.05) is 29.8 Å². The number of hydrogen-bond donors (Lipinski definition) is 0. The van der Waals surface area contributed by atoms with Crippen molar-refractivity contribution < 1.29 is 4.42 Å². The fourth-order valence-corrected chi connectivity index (χ4v) is 3.71. The van der Waals surface area contributed by atoms with E-state index in [-0.39, 0.29) is 0 Å². The summed E-state index contributed by atoms with van der Waals surface area (Å²) in [6.45, 7) is 8.14. The molecule has 27 heavy (non-hydrogen) atoms. The van der Waals surface area contributed by atoms with Crippen LogP contribution in [0.3, 0.4) is 0 Å². The Hall–Kier alpha value is -2.30. The van der Waals surface area contributed by atoms with Gasteiger partial charge in [-0.3, -0.25) is 4.90 Å². The van der Waals surface area contributed by atoms with Crippen LogP contribution in [-0.2, 0) is 6.54 Å². The average Bonchev–Trinajstić information content (AvgIpc) is 3.05. The van der Waals surface area contributed by atoms with Gasteiger partial charge in [0.1, 0.15) is 5.76 Å². The Labute approximate surface area is 165 Å². The molecule has 0 N–H and O–H groups in total. The summed E-state index contributed by atoms with van der Waals surface area (Å²) in [5, 5.41) is 0.715. The first-order valence-corrected chi connectivity index (χ1v) is 9.74. The normalized spacial score (nSPS) is 18.0. The monoisotopic (exact) mass is 381 g/mol. The van der Waals surface area contributed by atoms with Crippen LogP contribution in [0, 0.1) is 6.92 Å². The molecule has 5 heteroatoms. The first-order valence-electron chi connectivity index (χ1n) is 9.36. The summed E-state index contributed by atoms with van der Waals surface area (Å²) in [5.74, 6) is 1.55. The van der Waals surface area contributed by atoms with Crippen molar-refractivity contribution in [3.63, 3.8) is 0 Å². The lowest BCUT2D eigenvalue weighted by Crippen LogP contribution is -2.51. The number of aromatic nitrogens is 1. The van der Waals surface area contributed by atoms with Crippen molar-refractivity contribution in [1.82, 2.24) is 9.88 Å². The Morgan fingerprint density at radius 3 is 2.52 bits per heavy atom.